The van der Waals surface area contributed by atoms with Crippen LogP contribution < -0.4 is 15.4 Å². The van der Waals surface area contributed by atoms with E-state index in [2.05, 4.69) is 10.6 Å². The third-order valence-electron chi connectivity index (χ3n) is 3.19. The number of alkyl halides is 1. The van der Waals surface area contributed by atoms with Gasteiger partial charge in [-0.25, -0.2) is 0 Å². The highest BCUT2D eigenvalue weighted by Crippen LogP contribution is 2.17. The zero-order valence-corrected chi connectivity index (χ0v) is 13.5. The van der Waals surface area contributed by atoms with Crippen molar-refractivity contribution in [2.24, 2.45) is 0 Å². The van der Waals surface area contributed by atoms with Crippen LogP contribution in [-0.2, 0) is 0 Å². The Labute approximate surface area is 140 Å². The molecule has 6 heteroatoms. The van der Waals surface area contributed by atoms with Crippen molar-refractivity contribution in [3.8, 4) is 5.75 Å². The smallest absolute Gasteiger partial charge is 0.255 e. The van der Waals surface area contributed by atoms with Crippen LogP contribution in [0.4, 0.5) is 11.4 Å². The van der Waals surface area contributed by atoms with Gasteiger partial charge in [0.05, 0.1) is 19.1 Å². The minimum Gasteiger partial charge on any atom is -0.497 e. The van der Waals surface area contributed by atoms with Gasteiger partial charge >= 0.3 is 0 Å². The third-order valence-corrected chi connectivity index (χ3v) is 3.55. The molecule has 23 heavy (non-hydrogen) atoms. The zero-order valence-electron chi connectivity index (χ0n) is 12.8. The summed E-state index contributed by atoms with van der Waals surface area (Å²) in [7, 11) is 1.59. The second-order valence-electron chi connectivity index (χ2n) is 4.95. The van der Waals surface area contributed by atoms with Crippen molar-refractivity contribution in [3.63, 3.8) is 0 Å². The van der Waals surface area contributed by atoms with Crippen LogP contribution in [0.5, 0.6) is 5.75 Å². The van der Waals surface area contributed by atoms with Gasteiger partial charge in [-0.05, 0) is 42.5 Å². The molecule has 1 amide bonds. The Morgan fingerprint density at radius 1 is 1.22 bits per heavy atom. The SMILES string of the molecule is COc1ccc(NC(=O)c2cccc(NCC(O)CCl)c2)cc1. The number of halogens is 1. The van der Waals surface area contributed by atoms with Gasteiger partial charge < -0.3 is 20.5 Å². The van der Waals surface area contributed by atoms with E-state index < -0.39 is 6.10 Å². The minimum atomic E-state index is -0.631. The topological polar surface area (TPSA) is 70.6 Å². The first-order valence-corrected chi connectivity index (χ1v) is 7.69. The second kappa shape index (κ2) is 8.41. The van der Waals surface area contributed by atoms with Crippen LogP contribution in [0, 0.1) is 0 Å². The number of rotatable bonds is 7. The van der Waals surface area contributed by atoms with E-state index >= 15 is 0 Å². The molecule has 3 N–H and O–H groups in total. The van der Waals surface area contributed by atoms with Gasteiger partial charge in [-0.1, -0.05) is 6.07 Å². The second-order valence-corrected chi connectivity index (χ2v) is 5.26. The number of amides is 1. The van der Waals surface area contributed by atoms with Crippen molar-refractivity contribution in [3.05, 3.63) is 54.1 Å². The third kappa shape index (κ3) is 5.16. The Hall–Kier alpha value is -2.24. The van der Waals surface area contributed by atoms with Gasteiger partial charge in [-0.15, -0.1) is 11.6 Å². The monoisotopic (exact) mass is 334 g/mol. The molecular formula is C17H19ClN2O3. The number of benzene rings is 2. The molecule has 0 saturated heterocycles. The molecule has 2 aromatic rings. The van der Waals surface area contributed by atoms with E-state index in [1.807, 2.05) is 6.07 Å². The van der Waals surface area contributed by atoms with Gasteiger partial charge in [-0.3, -0.25) is 4.79 Å². The van der Waals surface area contributed by atoms with E-state index in [0.717, 1.165) is 11.4 Å². The van der Waals surface area contributed by atoms with Crippen LogP contribution in [0.2, 0.25) is 0 Å². The van der Waals surface area contributed by atoms with Crippen LogP contribution >= 0.6 is 11.6 Å². The Bertz CT molecular complexity index is 647. The van der Waals surface area contributed by atoms with Gasteiger partial charge in [-0.2, -0.15) is 0 Å². The Morgan fingerprint density at radius 3 is 2.61 bits per heavy atom. The van der Waals surface area contributed by atoms with Crippen LogP contribution in [0.1, 0.15) is 10.4 Å². The number of carbonyl (C=O) groups excluding carboxylic acids is 1. The molecule has 0 heterocycles. The van der Waals surface area contributed by atoms with Crippen LogP contribution in [-0.4, -0.2) is 36.7 Å². The van der Waals surface area contributed by atoms with E-state index in [-0.39, 0.29) is 11.8 Å². The molecule has 1 atom stereocenters. The molecule has 0 aliphatic heterocycles. The molecule has 0 aromatic heterocycles. The highest BCUT2D eigenvalue weighted by Gasteiger charge is 2.08. The molecule has 0 fully saturated rings. The van der Waals surface area contributed by atoms with E-state index in [4.69, 9.17) is 16.3 Å². The van der Waals surface area contributed by atoms with E-state index in [0.29, 0.717) is 17.8 Å². The van der Waals surface area contributed by atoms with Gasteiger partial charge in [0, 0.05) is 23.5 Å². The lowest BCUT2D eigenvalue weighted by atomic mass is 10.1. The Morgan fingerprint density at radius 2 is 1.96 bits per heavy atom. The number of anilines is 2. The maximum Gasteiger partial charge on any atom is 0.255 e. The van der Waals surface area contributed by atoms with E-state index in [1.54, 1.807) is 49.6 Å². The fourth-order valence-electron chi connectivity index (χ4n) is 1.94. The Kier molecular flexibility index (Phi) is 6.26. The number of aliphatic hydroxyl groups is 1. The van der Waals surface area contributed by atoms with Crippen LogP contribution in [0.3, 0.4) is 0 Å². The minimum absolute atomic E-state index is 0.157. The number of nitrogens with one attached hydrogen (secondary N) is 2. The summed E-state index contributed by atoms with van der Waals surface area (Å²) < 4.78 is 5.08. The lowest BCUT2D eigenvalue weighted by Crippen LogP contribution is -2.21. The number of hydrogen-bond donors (Lipinski definition) is 3. The predicted molar refractivity (Wildman–Crippen MR) is 92.6 cm³/mol. The number of aliphatic hydroxyl groups excluding tert-OH is 1. The van der Waals surface area contributed by atoms with E-state index in [1.165, 1.54) is 0 Å². The highest BCUT2D eigenvalue weighted by molar-refractivity contribution is 6.18. The number of carbonyl (C=O) groups is 1. The Balaban J connectivity index is 2.01. The molecule has 0 aliphatic carbocycles. The van der Waals surface area contributed by atoms with Crippen LogP contribution in [0.15, 0.2) is 48.5 Å². The van der Waals surface area contributed by atoms with Gasteiger partial charge in [0.25, 0.3) is 5.91 Å². The van der Waals surface area contributed by atoms with Crippen molar-refractivity contribution in [2.75, 3.05) is 30.2 Å². The standard InChI is InChI=1S/C17H19ClN2O3/c1-23-16-7-5-13(6-8-16)20-17(22)12-3-2-4-14(9-12)19-11-15(21)10-18/h2-9,15,19,21H,10-11H2,1H3,(H,20,22). The lowest BCUT2D eigenvalue weighted by Gasteiger charge is -2.11. The summed E-state index contributed by atoms with van der Waals surface area (Å²) in [5.41, 5.74) is 1.95. The molecule has 2 rings (SSSR count). The molecule has 0 saturated carbocycles. The summed E-state index contributed by atoms with van der Waals surface area (Å²) in [4.78, 5) is 12.3. The maximum absolute atomic E-state index is 12.3. The largest absolute Gasteiger partial charge is 0.497 e. The zero-order chi connectivity index (χ0) is 16.7. The predicted octanol–water partition coefficient (Wildman–Crippen LogP) is 2.96. The van der Waals surface area contributed by atoms with Gasteiger partial charge in [0.2, 0.25) is 0 Å². The van der Waals surface area contributed by atoms with Gasteiger partial charge in [0.1, 0.15) is 5.75 Å². The quantitative estimate of drug-likeness (QED) is 0.681. The van der Waals surface area contributed by atoms with Crippen molar-refractivity contribution in [2.45, 2.75) is 6.10 Å². The average molecular weight is 335 g/mol. The van der Waals surface area contributed by atoms with Crippen molar-refractivity contribution in [1.29, 1.82) is 0 Å². The molecular weight excluding hydrogens is 316 g/mol. The normalized spacial score (nSPS) is 11.6. The summed E-state index contributed by atoms with van der Waals surface area (Å²) in [6.07, 6.45) is -0.631. The lowest BCUT2D eigenvalue weighted by molar-refractivity contribution is 0.102. The van der Waals surface area contributed by atoms with E-state index in [9.17, 15) is 9.90 Å². The summed E-state index contributed by atoms with van der Waals surface area (Å²) in [6, 6.07) is 14.2. The molecule has 1 unspecified atom stereocenters. The molecule has 0 spiro atoms. The summed E-state index contributed by atoms with van der Waals surface area (Å²) in [6.45, 7) is 0.326. The first-order chi connectivity index (χ1) is 11.1. The summed E-state index contributed by atoms with van der Waals surface area (Å²) >= 11 is 5.55. The first kappa shape index (κ1) is 17.1. The maximum atomic E-state index is 12.3. The van der Waals surface area contributed by atoms with Crippen LogP contribution in [0.25, 0.3) is 0 Å². The summed E-state index contributed by atoms with van der Waals surface area (Å²) in [5.74, 6) is 0.675. The highest BCUT2D eigenvalue weighted by atomic mass is 35.5. The molecule has 0 bridgehead atoms. The summed E-state index contributed by atoms with van der Waals surface area (Å²) in [5, 5.41) is 15.3. The van der Waals surface area contributed by atoms with Gasteiger partial charge in [0.15, 0.2) is 0 Å². The first-order valence-electron chi connectivity index (χ1n) is 7.15. The number of hydrogen-bond acceptors (Lipinski definition) is 4. The van der Waals surface area contributed by atoms with Crippen molar-refractivity contribution < 1.29 is 14.6 Å². The number of methoxy groups -OCH3 is 1. The fraction of sp³-hybridized carbons (Fsp3) is 0.235. The number of ether oxygens (including phenoxy) is 1. The molecule has 0 radical (unpaired) electrons. The average Bonchev–Trinajstić information content (AvgIpc) is 2.60. The van der Waals surface area contributed by atoms with Crippen molar-refractivity contribution in [1.82, 2.24) is 0 Å². The fourth-order valence-corrected chi connectivity index (χ4v) is 2.05. The molecule has 5 nitrogen and oxygen atoms in total. The molecule has 122 valence electrons. The van der Waals surface area contributed by atoms with Crippen molar-refractivity contribution >= 4 is 28.9 Å². The molecule has 2 aromatic carbocycles. The molecule has 0 aliphatic rings.